The first-order chi connectivity index (χ1) is 11.8. The fraction of sp³-hybridized carbons (Fsp3) is 0.278. The van der Waals surface area contributed by atoms with Crippen LogP contribution in [0.25, 0.3) is 17.3 Å². The van der Waals surface area contributed by atoms with E-state index in [4.69, 9.17) is 9.15 Å². The molecule has 2 aromatic heterocycles. The van der Waals surface area contributed by atoms with E-state index in [0.717, 1.165) is 11.4 Å². The molecule has 6 heteroatoms. The molecule has 1 aromatic carbocycles. The number of aryl methyl sites for hydroxylation is 1. The summed E-state index contributed by atoms with van der Waals surface area (Å²) in [7, 11) is 1.69. The van der Waals surface area contributed by atoms with Crippen molar-refractivity contribution in [2.45, 2.75) is 6.92 Å². The minimum Gasteiger partial charge on any atom is -0.422 e. The van der Waals surface area contributed by atoms with Crippen molar-refractivity contribution < 1.29 is 9.15 Å². The second-order valence-corrected chi connectivity index (χ2v) is 5.34. The molecule has 0 saturated carbocycles. The molecule has 0 amide bonds. The van der Waals surface area contributed by atoms with E-state index < -0.39 is 0 Å². The summed E-state index contributed by atoms with van der Waals surface area (Å²) in [5.74, 6) is 1.34. The molecule has 0 bridgehead atoms. The second kappa shape index (κ2) is 7.70. The van der Waals surface area contributed by atoms with Crippen LogP contribution in [0.3, 0.4) is 0 Å². The zero-order valence-corrected chi connectivity index (χ0v) is 13.8. The van der Waals surface area contributed by atoms with Crippen molar-refractivity contribution in [3.05, 3.63) is 54.2 Å². The third-order valence-electron chi connectivity index (χ3n) is 3.58. The maximum atomic E-state index is 5.50. The Bertz CT molecular complexity index is 814. The second-order valence-electron chi connectivity index (χ2n) is 5.34. The summed E-state index contributed by atoms with van der Waals surface area (Å²) in [4.78, 5) is 15.1. The van der Waals surface area contributed by atoms with Gasteiger partial charge in [0.25, 0.3) is 5.71 Å². The Morgan fingerprint density at radius 1 is 1.21 bits per heavy atom. The maximum Gasteiger partial charge on any atom is 0.252 e. The maximum absolute atomic E-state index is 5.50. The lowest BCUT2D eigenvalue weighted by atomic mass is 10.2. The number of ether oxygens (including phenoxy) is 1. The quantitative estimate of drug-likeness (QED) is 0.665. The molecule has 3 aromatic rings. The van der Waals surface area contributed by atoms with E-state index in [1.54, 1.807) is 14.0 Å². The standard InChI is InChI=1S/C18H20N4O2/c1-14-21-16-17(19-13-20-18(16)24-14)22(11-12-23-2)10-6-9-15-7-4-3-5-8-15/h3-9,13H,10-12H2,1-2H3. The number of benzene rings is 1. The van der Waals surface area contributed by atoms with Crippen molar-refractivity contribution in [1.29, 1.82) is 0 Å². The summed E-state index contributed by atoms with van der Waals surface area (Å²) < 4.78 is 10.7. The smallest absolute Gasteiger partial charge is 0.252 e. The van der Waals surface area contributed by atoms with E-state index >= 15 is 0 Å². The molecule has 0 atom stereocenters. The fourth-order valence-corrected chi connectivity index (χ4v) is 2.44. The summed E-state index contributed by atoms with van der Waals surface area (Å²) in [5, 5.41) is 0. The van der Waals surface area contributed by atoms with Gasteiger partial charge in [0.05, 0.1) is 6.61 Å². The van der Waals surface area contributed by atoms with Crippen LogP contribution >= 0.6 is 0 Å². The van der Waals surface area contributed by atoms with Gasteiger partial charge in [-0.1, -0.05) is 42.5 Å². The van der Waals surface area contributed by atoms with Gasteiger partial charge in [-0.25, -0.2) is 9.97 Å². The first-order valence-corrected chi connectivity index (χ1v) is 7.81. The van der Waals surface area contributed by atoms with Crippen LogP contribution in [-0.4, -0.2) is 41.8 Å². The summed E-state index contributed by atoms with van der Waals surface area (Å²) in [6.07, 6.45) is 5.70. The number of aromatic nitrogens is 3. The first-order valence-electron chi connectivity index (χ1n) is 7.81. The Morgan fingerprint density at radius 3 is 2.83 bits per heavy atom. The molecule has 0 aliphatic rings. The van der Waals surface area contributed by atoms with E-state index in [1.165, 1.54) is 6.33 Å². The SMILES string of the molecule is COCCN(CC=Cc1ccccc1)c1ncnc2oc(C)nc12. The molecule has 0 aliphatic carbocycles. The molecule has 0 unspecified atom stereocenters. The average molecular weight is 324 g/mol. The molecule has 0 fully saturated rings. The number of oxazole rings is 1. The van der Waals surface area contributed by atoms with Crippen molar-refractivity contribution >= 4 is 23.1 Å². The zero-order chi connectivity index (χ0) is 16.8. The summed E-state index contributed by atoms with van der Waals surface area (Å²) in [5.41, 5.74) is 2.35. The van der Waals surface area contributed by atoms with Crippen LogP contribution in [-0.2, 0) is 4.74 Å². The Balaban J connectivity index is 1.84. The predicted octanol–water partition coefficient (Wildman–Crippen LogP) is 3.09. The van der Waals surface area contributed by atoms with Gasteiger partial charge in [-0.15, -0.1) is 0 Å². The predicted molar refractivity (Wildman–Crippen MR) is 93.9 cm³/mol. The van der Waals surface area contributed by atoms with Gasteiger partial charge in [0.2, 0.25) is 0 Å². The van der Waals surface area contributed by atoms with Crippen LogP contribution in [0.15, 0.2) is 47.2 Å². The molecule has 0 N–H and O–H groups in total. The van der Waals surface area contributed by atoms with Crippen molar-refractivity contribution in [2.24, 2.45) is 0 Å². The van der Waals surface area contributed by atoms with Crippen molar-refractivity contribution in [2.75, 3.05) is 31.7 Å². The van der Waals surface area contributed by atoms with Gasteiger partial charge >= 0.3 is 0 Å². The number of anilines is 1. The molecule has 3 rings (SSSR count). The first kappa shape index (κ1) is 16.1. The van der Waals surface area contributed by atoms with Gasteiger partial charge in [0.1, 0.15) is 6.33 Å². The number of nitrogens with zero attached hydrogens (tertiary/aromatic N) is 4. The van der Waals surface area contributed by atoms with E-state index in [-0.39, 0.29) is 0 Å². The highest BCUT2D eigenvalue weighted by molar-refractivity contribution is 5.81. The molecule has 0 spiro atoms. The van der Waals surface area contributed by atoms with Crippen molar-refractivity contribution in [1.82, 2.24) is 15.0 Å². The van der Waals surface area contributed by atoms with Crippen molar-refractivity contribution in [3.63, 3.8) is 0 Å². The third kappa shape index (κ3) is 3.78. The highest BCUT2D eigenvalue weighted by atomic mass is 16.5. The normalized spacial score (nSPS) is 11.4. The van der Waals surface area contributed by atoms with Crippen LogP contribution < -0.4 is 4.90 Å². The fourth-order valence-electron chi connectivity index (χ4n) is 2.44. The molecule has 2 heterocycles. The monoisotopic (exact) mass is 324 g/mol. The Kier molecular flexibility index (Phi) is 5.18. The van der Waals surface area contributed by atoms with Crippen LogP contribution in [0, 0.1) is 6.92 Å². The Morgan fingerprint density at radius 2 is 2.04 bits per heavy atom. The Labute approximate surface area is 140 Å². The topological polar surface area (TPSA) is 64.3 Å². The number of methoxy groups -OCH3 is 1. The summed E-state index contributed by atoms with van der Waals surface area (Å²) in [6.45, 7) is 3.80. The minimum atomic E-state index is 0.506. The van der Waals surface area contributed by atoms with Gasteiger partial charge in [-0.05, 0) is 5.56 Å². The number of rotatable bonds is 7. The van der Waals surface area contributed by atoms with Crippen molar-refractivity contribution in [3.8, 4) is 0 Å². The molecular formula is C18H20N4O2. The van der Waals surface area contributed by atoms with E-state index in [1.807, 2.05) is 18.2 Å². The van der Waals surface area contributed by atoms with Gasteiger partial charge < -0.3 is 14.1 Å². The van der Waals surface area contributed by atoms with Gasteiger partial charge in [-0.3, -0.25) is 0 Å². The number of hydrogen-bond acceptors (Lipinski definition) is 6. The highest BCUT2D eigenvalue weighted by Gasteiger charge is 2.15. The molecule has 0 radical (unpaired) electrons. The minimum absolute atomic E-state index is 0.506. The lowest BCUT2D eigenvalue weighted by Gasteiger charge is -2.21. The summed E-state index contributed by atoms with van der Waals surface area (Å²) >= 11 is 0. The van der Waals surface area contributed by atoms with Crippen LogP contribution in [0.1, 0.15) is 11.5 Å². The number of fused-ring (bicyclic) bond motifs is 1. The number of hydrogen-bond donors (Lipinski definition) is 0. The molecule has 0 saturated heterocycles. The van der Waals surface area contributed by atoms with Gasteiger partial charge in [-0.2, -0.15) is 4.98 Å². The molecule has 24 heavy (non-hydrogen) atoms. The van der Waals surface area contributed by atoms with Gasteiger partial charge in [0.15, 0.2) is 17.2 Å². The molecular weight excluding hydrogens is 304 g/mol. The zero-order valence-electron chi connectivity index (χ0n) is 13.8. The van der Waals surface area contributed by atoms with Gasteiger partial charge in [0, 0.05) is 27.1 Å². The molecule has 6 nitrogen and oxygen atoms in total. The van der Waals surface area contributed by atoms with E-state index in [2.05, 4.69) is 44.1 Å². The van der Waals surface area contributed by atoms with Crippen LogP contribution in [0.4, 0.5) is 5.82 Å². The molecule has 124 valence electrons. The highest BCUT2D eigenvalue weighted by Crippen LogP contribution is 2.22. The van der Waals surface area contributed by atoms with Crippen LogP contribution in [0.2, 0.25) is 0 Å². The van der Waals surface area contributed by atoms with Crippen LogP contribution in [0.5, 0.6) is 0 Å². The summed E-state index contributed by atoms with van der Waals surface area (Å²) in [6, 6.07) is 10.2. The largest absolute Gasteiger partial charge is 0.422 e. The third-order valence-corrected chi connectivity index (χ3v) is 3.58. The van der Waals surface area contributed by atoms with E-state index in [0.29, 0.717) is 36.8 Å². The average Bonchev–Trinajstić information content (AvgIpc) is 2.99. The molecule has 0 aliphatic heterocycles. The lowest BCUT2D eigenvalue weighted by molar-refractivity contribution is 0.205. The Hall–Kier alpha value is -2.73. The lowest BCUT2D eigenvalue weighted by Crippen LogP contribution is -2.28. The van der Waals surface area contributed by atoms with E-state index in [9.17, 15) is 0 Å².